The molecule has 1 fully saturated rings. The second kappa shape index (κ2) is 8.13. The number of rotatable bonds is 6. The van der Waals surface area contributed by atoms with Gasteiger partial charge in [0, 0.05) is 13.1 Å². The number of hydrogen-bond donors (Lipinski definition) is 1. The van der Waals surface area contributed by atoms with E-state index in [9.17, 15) is 8.42 Å². The third-order valence-corrected chi connectivity index (χ3v) is 6.24. The van der Waals surface area contributed by atoms with Crippen LogP contribution in [0.15, 0.2) is 59.5 Å². The first-order valence-electron chi connectivity index (χ1n) is 8.88. The van der Waals surface area contributed by atoms with Crippen LogP contribution in [0.4, 0.5) is 0 Å². The second-order valence-corrected chi connectivity index (χ2v) is 8.68. The van der Waals surface area contributed by atoms with Crippen LogP contribution in [0.5, 0.6) is 0 Å². The summed E-state index contributed by atoms with van der Waals surface area (Å²) in [6.45, 7) is 5.93. The molecule has 3 rings (SSSR count). The van der Waals surface area contributed by atoms with Crippen LogP contribution in [0.2, 0.25) is 0 Å². The lowest BCUT2D eigenvalue weighted by Crippen LogP contribution is -2.32. The lowest BCUT2D eigenvalue weighted by atomic mass is 9.99. The smallest absolute Gasteiger partial charge is 0.240 e. The van der Waals surface area contributed by atoms with E-state index in [1.54, 1.807) is 30.3 Å². The molecule has 0 atom stereocenters. The van der Waals surface area contributed by atoms with Crippen LogP contribution in [0, 0.1) is 5.92 Å². The van der Waals surface area contributed by atoms with E-state index in [2.05, 4.69) is 28.7 Å². The number of likely N-dealkylation sites (tertiary alicyclic amines) is 1. The molecule has 25 heavy (non-hydrogen) atoms. The van der Waals surface area contributed by atoms with Gasteiger partial charge in [0.2, 0.25) is 10.0 Å². The molecule has 134 valence electrons. The Kier molecular flexibility index (Phi) is 5.89. The van der Waals surface area contributed by atoms with Crippen molar-refractivity contribution in [2.45, 2.75) is 37.8 Å². The molecule has 1 aliphatic heterocycles. The number of benzene rings is 2. The average molecular weight is 359 g/mol. The van der Waals surface area contributed by atoms with E-state index in [0.29, 0.717) is 11.4 Å². The van der Waals surface area contributed by atoms with Gasteiger partial charge in [-0.05, 0) is 55.1 Å². The van der Waals surface area contributed by atoms with Crippen LogP contribution in [0.25, 0.3) is 0 Å². The molecular weight excluding hydrogens is 332 g/mol. The van der Waals surface area contributed by atoms with Gasteiger partial charge in [-0.2, -0.15) is 0 Å². The zero-order chi connectivity index (χ0) is 17.7. The van der Waals surface area contributed by atoms with E-state index < -0.39 is 10.0 Å². The third kappa shape index (κ3) is 5.14. The highest BCUT2D eigenvalue weighted by Gasteiger charge is 2.16. The first kappa shape index (κ1) is 18.1. The first-order chi connectivity index (χ1) is 12.0. The summed E-state index contributed by atoms with van der Waals surface area (Å²) >= 11 is 0. The Labute approximate surface area is 150 Å². The quantitative estimate of drug-likeness (QED) is 0.861. The molecule has 0 spiro atoms. The summed E-state index contributed by atoms with van der Waals surface area (Å²) < 4.78 is 27.1. The van der Waals surface area contributed by atoms with Crippen molar-refractivity contribution in [1.82, 2.24) is 9.62 Å². The zero-order valence-corrected chi connectivity index (χ0v) is 15.5. The summed E-state index contributed by atoms with van der Waals surface area (Å²) in [5, 5.41) is 0. The number of nitrogens with zero attached hydrogens (tertiary/aromatic N) is 1. The minimum Gasteiger partial charge on any atom is -0.299 e. The van der Waals surface area contributed by atoms with Gasteiger partial charge in [-0.25, -0.2) is 13.1 Å². The minimum absolute atomic E-state index is 0.297. The molecule has 2 aromatic rings. The first-order valence-corrected chi connectivity index (χ1v) is 10.4. The van der Waals surface area contributed by atoms with Crippen molar-refractivity contribution >= 4 is 10.0 Å². The second-order valence-electron chi connectivity index (χ2n) is 6.91. The number of hydrogen-bond acceptors (Lipinski definition) is 3. The van der Waals surface area contributed by atoms with Gasteiger partial charge in [-0.1, -0.05) is 49.4 Å². The SMILES string of the molecule is CC1CCN(Cc2ccc(CNS(=O)(=O)c3ccccc3)cc2)CC1. The lowest BCUT2D eigenvalue weighted by Gasteiger charge is -2.30. The Morgan fingerprint density at radius 3 is 2.20 bits per heavy atom. The predicted molar refractivity (Wildman–Crippen MR) is 101 cm³/mol. The zero-order valence-electron chi connectivity index (χ0n) is 14.7. The van der Waals surface area contributed by atoms with E-state index in [1.807, 2.05) is 12.1 Å². The van der Waals surface area contributed by atoms with Gasteiger partial charge in [-0.3, -0.25) is 4.90 Å². The maximum absolute atomic E-state index is 12.2. The highest BCUT2D eigenvalue weighted by molar-refractivity contribution is 7.89. The molecule has 2 aromatic carbocycles. The van der Waals surface area contributed by atoms with Crippen molar-refractivity contribution < 1.29 is 8.42 Å². The Balaban J connectivity index is 1.54. The standard InChI is InChI=1S/C20H26N2O2S/c1-17-11-13-22(14-12-17)16-19-9-7-18(8-10-19)15-21-25(23,24)20-5-3-2-4-6-20/h2-10,17,21H,11-16H2,1H3. The maximum Gasteiger partial charge on any atom is 0.240 e. The molecule has 0 bridgehead atoms. The fourth-order valence-corrected chi connectivity index (χ4v) is 4.14. The molecule has 4 nitrogen and oxygen atoms in total. The number of sulfonamides is 1. The molecule has 5 heteroatoms. The van der Waals surface area contributed by atoms with E-state index in [1.165, 1.54) is 31.5 Å². The molecule has 0 aliphatic carbocycles. The van der Waals surface area contributed by atoms with E-state index >= 15 is 0 Å². The molecule has 0 saturated carbocycles. The van der Waals surface area contributed by atoms with Crippen molar-refractivity contribution in [3.63, 3.8) is 0 Å². The molecule has 1 aliphatic rings. The monoisotopic (exact) mass is 358 g/mol. The average Bonchev–Trinajstić information content (AvgIpc) is 2.64. The van der Waals surface area contributed by atoms with Gasteiger partial charge >= 0.3 is 0 Å². The lowest BCUT2D eigenvalue weighted by molar-refractivity contribution is 0.185. The summed E-state index contributed by atoms with van der Waals surface area (Å²) in [5.41, 5.74) is 2.25. The molecule has 1 N–H and O–H groups in total. The van der Waals surface area contributed by atoms with E-state index in [0.717, 1.165) is 18.0 Å². The summed E-state index contributed by atoms with van der Waals surface area (Å²) in [5.74, 6) is 0.844. The topological polar surface area (TPSA) is 49.4 Å². The van der Waals surface area contributed by atoms with Gasteiger partial charge < -0.3 is 0 Å². The highest BCUT2D eigenvalue weighted by Crippen LogP contribution is 2.18. The Hall–Kier alpha value is -1.69. The summed E-state index contributed by atoms with van der Waals surface area (Å²) in [6.07, 6.45) is 2.55. The predicted octanol–water partition coefficient (Wildman–Crippen LogP) is 3.40. The Bertz CT molecular complexity index is 765. The van der Waals surface area contributed by atoms with Crippen molar-refractivity contribution in [3.8, 4) is 0 Å². The number of nitrogens with one attached hydrogen (secondary N) is 1. The van der Waals surface area contributed by atoms with Crippen LogP contribution in [-0.4, -0.2) is 26.4 Å². The van der Waals surface area contributed by atoms with Gasteiger partial charge in [0.1, 0.15) is 0 Å². The number of piperidine rings is 1. The fraction of sp³-hybridized carbons (Fsp3) is 0.400. The normalized spacial score (nSPS) is 16.8. The van der Waals surface area contributed by atoms with Crippen molar-refractivity contribution in [2.75, 3.05) is 13.1 Å². The molecule has 0 aromatic heterocycles. The van der Waals surface area contributed by atoms with Gasteiger partial charge in [0.25, 0.3) is 0 Å². The van der Waals surface area contributed by atoms with Gasteiger partial charge in [0.05, 0.1) is 4.90 Å². The largest absolute Gasteiger partial charge is 0.299 e. The molecule has 0 radical (unpaired) electrons. The fourth-order valence-electron chi connectivity index (χ4n) is 3.10. The summed E-state index contributed by atoms with van der Waals surface area (Å²) in [4.78, 5) is 2.79. The molecule has 0 amide bonds. The van der Waals surface area contributed by atoms with Crippen LogP contribution < -0.4 is 4.72 Å². The van der Waals surface area contributed by atoms with Crippen molar-refractivity contribution in [1.29, 1.82) is 0 Å². The Morgan fingerprint density at radius 1 is 0.960 bits per heavy atom. The molecular formula is C20H26N2O2S. The molecule has 1 saturated heterocycles. The van der Waals surface area contributed by atoms with Crippen molar-refractivity contribution in [3.05, 3.63) is 65.7 Å². The van der Waals surface area contributed by atoms with E-state index in [4.69, 9.17) is 0 Å². The highest BCUT2D eigenvalue weighted by atomic mass is 32.2. The summed E-state index contributed by atoms with van der Waals surface area (Å²) in [6, 6.07) is 16.7. The minimum atomic E-state index is -3.45. The van der Waals surface area contributed by atoms with Gasteiger partial charge in [0.15, 0.2) is 0 Å². The maximum atomic E-state index is 12.2. The molecule has 1 heterocycles. The van der Waals surface area contributed by atoms with Crippen LogP contribution >= 0.6 is 0 Å². The van der Waals surface area contributed by atoms with Crippen LogP contribution in [0.3, 0.4) is 0 Å². The third-order valence-electron chi connectivity index (χ3n) is 4.83. The van der Waals surface area contributed by atoms with Crippen LogP contribution in [-0.2, 0) is 23.1 Å². The van der Waals surface area contributed by atoms with E-state index in [-0.39, 0.29) is 0 Å². The van der Waals surface area contributed by atoms with Crippen molar-refractivity contribution in [2.24, 2.45) is 5.92 Å². The Morgan fingerprint density at radius 2 is 1.56 bits per heavy atom. The van der Waals surface area contributed by atoms with Crippen LogP contribution in [0.1, 0.15) is 30.9 Å². The van der Waals surface area contributed by atoms with Gasteiger partial charge in [-0.15, -0.1) is 0 Å². The molecule has 0 unspecified atom stereocenters. The summed E-state index contributed by atoms with van der Waals surface area (Å²) in [7, 11) is -3.45.